The Hall–Kier alpha value is -0.190. The van der Waals surface area contributed by atoms with E-state index in [1.54, 1.807) is 11.5 Å². The van der Waals surface area contributed by atoms with E-state index < -0.39 is 11.0 Å². The van der Waals surface area contributed by atoms with Crippen LogP contribution in [0.5, 0.6) is 0 Å². The lowest BCUT2D eigenvalue weighted by Gasteiger charge is -2.22. The summed E-state index contributed by atoms with van der Waals surface area (Å²) < 4.78 is 14.2. The summed E-state index contributed by atoms with van der Waals surface area (Å²) in [6.45, 7) is 3.90. The van der Waals surface area contributed by atoms with Crippen LogP contribution in [-0.2, 0) is 11.0 Å². The Kier molecular flexibility index (Phi) is 4.50. The van der Waals surface area contributed by atoms with E-state index in [-0.39, 0.29) is 0 Å². The molecule has 2 N–H and O–H groups in total. The Morgan fingerprint density at radius 2 is 2.50 bits per heavy atom. The lowest BCUT2D eigenvalue weighted by Crippen LogP contribution is -2.43. The molecule has 1 aliphatic heterocycles. The average molecular weight is 188 g/mol. The molecule has 0 amide bonds. The highest BCUT2D eigenvalue weighted by Gasteiger charge is 2.13. The van der Waals surface area contributed by atoms with E-state index in [2.05, 4.69) is 10.0 Å². The number of piperidine rings is 1. The first kappa shape index (κ1) is 9.89. The summed E-state index contributed by atoms with van der Waals surface area (Å²) in [5, 5.41) is 4.94. The first-order valence-corrected chi connectivity index (χ1v) is 5.54. The smallest absolute Gasteiger partial charge is 0.117 e. The van der Waals surface area contributed by atoms with Gasteiger partial charge in [-0.15, -0.1) is 0 Å². The molecule has 0 aromatic heterocycles. The van der Waals surface area contributed by atoms with E-state index in [1.165, 1.54) is 6.42 Å². The highest BCUT2D eigenvalue weighted by molar-refractivity contribution is 7.86. The molecule has 1 saturated heterocycles. The molecule has 1 aliphatic rings. The second-order valence-corrected chi connectivity index (χ2v) is 4.03. The second-order valence-electron chi connectivity index (χ2n) is 2.93. The summed E-state index contributed by atoms with van der Waals surface area (Å²) >= 11 is 0. The zero-order chi connectivity index (χ0) is 8.81. The van der Waals surface area contributed by atoms with Crippen LogP contribution in [0.4, 0.5) is 0 Å². The predicted octanol–water partition coefficient (Wildman–Crippen LogP) is 0.525. The highest BCUT2D eigenvalue weighted by Crippen LogP contribution is 2.01. The average Bonchev–Trinajstić information content (AvgIpc) is 2.06. The first-order chi connectivity index (χ1) is 5.83. The van der Waals surface area contributed by atoms with Crippen LogP contribution >= 0.6 is 0 Å². The van der Waals surface area contributed by atoms with Gasteiger partial charge in [0.25, 0.3) is 0 Å². The van der Waals surface area contributed by atoms with Gasteiger partial charge in [-0.1, -0.05) is 6.08 Å². The molecule has 0 radical (unpaired) electrons. The van der Waals surface area contributed by atoms with Gasteiger partial charge in [0.15, 0.2) is 0 Å². The Morgan fingerprint density at radius 3 is 3.08 bits per heavy atom. The third kappa shape index (κ3) is 3.47. The van der Waals surface area contributed by atoms with Crippen LogP contribution in [0, 0.1) is 0 Å². The molecule has 1 fully saturated rings. The molecular weight excluding hydrogens is 172 g/mol. The van der Waals surface area contributed by atoms with Crippen LogP contribution in [0.3, 0.4) is 0 Å². The molecule has 1 heterocycles. The van der Waals surface area contributed by atoms with Gasteiger partial charge in [0, 0.05) is 18.0 Å². The van der Waals surface area contributed by atoms with Crippen molar-refractivity contribution in [3.05, 3.63) is 11.5 Å². The van der Waals surface area contributed by atoms with Crippen LogP contribution in [0.2, 0.25) is 0 Å². The molecule has 0 aliphatic carbocycles. The second kappa shape index (κ2) is 5.45. The van der Waals surface area contributed by atoms with Gasteiger partial charge in [-0.2, -0.15) is 0 Å². The molecule has 12 heavy (non-hydrogen) atoms. The summed E-state index contributed by atoms with van der Waals surface area (Å²) in [5.41, 5.74) is 0. The van der Waals surface area contributed by atoms with E-state index in [0.717, 1.165) is 19.5 Å². The van der Waals surface area contributed by atoms with E-state index >= 15 is 0 Å². The summed E-state index contributed by atoms with van der Waals surface area (Å²) in [5.74, 6) is 0. The summed E-state index contributed by atoms with van der Waals surface area (Å²) in [6, 6.07) is 0.371. The highest BCUT2D eigenvalue weighted by atomic mass is 32.2. The Bertz CT molecular complexity index is 176. The van der Waals surface area contributed by atoms with Crippen molar-refractivity contribution in [2.75, 3.05) is 13.1 Å². The third-order valence-corrected chi connectivity index (χ3v) is 2.92. The Labute approximate surface area is 76.2 Å². The van der Waals surface area contributed by atoms with Crippen LogP contribution in [0.25, 0.3) is 0 Å². The number of rotatable bonds is 3. The SMILES string of the molecule is C/C=C/S(=O)NC1CCCNC1. The van der Waals surface area contributed by atoms with E-state index in [4.69, 9.17) is 0 Å². The van der Waals surface area contributed by atoms with Gasteiger partial charge in [0.1, 0.15) is 11.0 Å². The molecule has 3 nitrogen and oxygen atoms in total. The topological polar surface area (TPSA) is 41.1 Å². The van der Waals surface area contributed by atoms with Crippen LogP contribution in [0.15, 0.2) is 11.5 Å². The summed E-state index contributed by atoms with van der Waals surface area (Å²) in [4.78, 5) is 0. The molecule has 0 saturated carbocycles. The molecule has 4 heteroatoms. The van der Waals surface area contributed by atoms with Gasteiger partial charge in [0.2, 0.25) is 0 Å². The lowest BCUT2D eigenvalue weighted by atomic mass is 10.1. The fraction of sp³-hybridized carbons (Fsp3) is 0.750. The summed E-state index contributed by atoms with van der Waals surface area (Å²) in [7, 11) is -0.988. The maximum absolute atomic E-state index is 11.2. The number of hydrogen-bond donors (Lipinski definition) is 2. The van der Waals surface area contributed by atoms with Crippen molar-refractivity contribution in [2.24, 2.45) is 0 Å². The maximum atomic E-state index is 11.2. The van der Waals surface area contributed by atoms with E-state index in [9.17, 15) is 4.21 Å². The normalized spacial score (nSPS) is 27.6. The van der Waals surface area contributed by atoms with E-state index in [0.29, 0.717) is 6.04 Å². The Morgan fingerprint density at radius 1 is 1.67 bits per heavy atom. The van der Waals surface area contributed by atoms with Gasteiger partial charge in [-0.05, 0) is 26.3 Å². The zero-order valence-corrected chi connectivity index (χ0v) is 8.19. The molecule has 0 aromatic carbocycles. The van der Waals surface area contributed by atoms with Crippen molar-refractivity contribution in [2.45, 2.75) is 25.8 Å². The van der Waals surface area contributed by atoms with Crippen LogP contribution in [-0.4, -0.2) is 23.3 Å². The predicted molar refractivity (Wildman–Crippen MR) is 52.0 cm³/mol. The van der Waals surface area contributed by atoms with Crippen molar-refractivity contribution >= 4 is 11.0 Å². The fourth-order valence-electron chi connectivity index (χ4n) is 1.28. The maximum Gasteiger partial charge on any atom is 0.117 e. The lowest BCUT2D eigenvalue weighted by molar-refractivity contribution is 0.437. The molecule has 1 rings (SSSR count). The molecule has 0 aromatic rings. The largest absolute Gasteiger partial charge is 0.315 e. The molecule has 0 spiro atoms. The Balaban J connectivity index is 2.24. The van der Waals surface area contributed by atoms with E-state index in [1.807, 2.05) is 6.92 Å². The number of nitrogens with one attached hydrogen (secondary N) is 2. The van der Waals surface area contributed by atoms with Gasteiger partial charge >= 0.3 is 0 Å². The molecular formula is C8H16N2OS. The minimum atomic E-state index is -0.988. The first-order valence-electron chi connectivity index (χ1n) is 4.33. The van der Waals surface area contributed by atoms with Gasteiger partial charge in [-0.25, -0.2) is 8.93 Å². The fourth-order valence-corrected chi connectivity index (χ4v) is 2.14. The van der Waals surface area contributed by atoms with Crippen molar-refractivity contribution in [1.29, 1.82) is 0 Å². The summed E-state index contributed by atoms with van der Waals surface area (Å²) in [6.07, 6.45) is 4.10. The minimum Gasteiger partial charge on any atom is -0.315 e. The van der Waals surface area contributed by atoms with Gasteiger partial charge in [0.05, 0.1) is 0 Å². The quantitative estimate of drug-likeness (QED) is 0.678. The minimum absolute atomic E-state index is 0.371. The third-order valence-electron chi connectivity index (χ3n) is 1.84. The number of hydrogen-bond acceptors (Lipinski definition) is 2. The molecule has 0 bridgehead atoms. The van der Waals surface area contributed by atoms with Gasteiger partial charge in [-0.3, -0.25) is 0 Å². The van der Waals surface area contributed by atoms with Crippen molar-refractivity contribution in [3.63, 3.8) is 0 Å². The van der Waals surface area contributed by atoms with Gasteiger partial charge < -0.3 is 5.32 Å². The van der Waals surface area contributed by atoms with Crippen LogP contribution < -0.4 is 10.0 Å². The zero-order valence-electron chi connectivity index (χ0n) is 7.38. The standard InChI is InChI=1S/C8H16N2OS/c1-2-6-12(11)10-8-4-3-5-9-7-8/h2,6,8-10H,3-5,7H2,1H3/b6-2+. The van der Waals surface area contributed by atoms with Crippen molar-refractivity contribution in [1.82, 2.24) is 10.0 Å². The number of allylic oxidation sites excluding steroid dienone is 1. The van der Waals surface area contributed by atoms with Crippen molar-refractivity contribution in [3.8, 4) is 0 Å². The molecule has 70 valence electrons. The van der Waals surface area contributed by atoms with Crippen LogP contribution in [0.1, 0.15) is 19.8 Å². The molecule has 2 unspecified atom stereocenters. The van der Waals surface area contributed by atoms with Crippen molar-refractivity contribution < 1.29 is 4.21 Å². The monoisotopic (exact) mass is 188 g/mol. The molecule has 2 atom stereocenters.